The molecule has 0 bridgehead atoms. The van der Waals surface area contributed by atoms with Gasteiger partial charge in [-0.2, -0.15) is 5.10 Å². The molecule has 1 aliphatic rings. The monoisotopic (exact) mass is 538 g/mol. The molecule has 0 saturated carbocycles. The summed E-state index contributed by atoms with van der Waals surface area (Å²) in [7, 11) is 1.61. The molecule has 6 rings (SSSR count). The Morgan fingerprint density at radius 2 is 1.75 bits per heavy atom. The number of carbonyl (C=O) groups excluding carboxylic acids is 2. The number of aromatic nitrogens is 4. The Morgan fingerprint density at radius 3 is 2.52 bits per heavy atom. The van der Waals surface area contributed by atoms with Gasteiger partial charge in [0.2, 0.25) is 5.88 Å². The Labute approximate surface area is 225 Å². The minimum absolute atomic E-state index is 0.0629. The zero-order valence-electron chi connectivity index (χ0n) is 21.2. The predicted molar refractivity (Wildman–Crippen MR) is 143 cm³/mol. The highest BCUT2D eigenvalue weighted by molar-refractivity contribution is 6.00. The minimum atomic E-state index is -0.468. The number of amidine groups is 1. The molecule has 0 radical (unpaired) electrons. The van der Waals surface area contributed by atoms with Crippen LogP contribution in [0, 0.1) is 0 Å². The van der Waals surface area contributed by atoms with Crippen molar-refractivity contribution in [1.29, 1.82) is 0 Å². The summed E-state index contributed by atoms with van der Waals surface area (Å²) in [6.45, 7) is 4.08. The van der Waals surface area contributed by atoms with Gasteiger partial charge in [-0.3, -0.25) is 14.2 Å². The average Bonchev–Trinajstić information content (AvgIpc) is 3.69. The fourth-order valence-electron chi connectivity index (χ4n) is 4.20. The highest BCUT2D eigenvalue weighted by atomic mass is 16.7. The van der Waals surface area contributed by atoms with Crippen LogP contribution >= 0.6 is 0 Å². The zero-order chi connectivity index (χ0) is 27.8. The molecule has 13 heteroatoms. The zero-order valence-corrected chi connectivity index (χ0v) is 21.2. The summed E-state index contributed by atoms with van der Waals surface area (Å²) in [6.07, 6.45) is 1.50. The fourth-order valence-corrected chi connectivity index (χ4v) is 4.20. The summed E-state index contributed by atoms with van der Waals surface area (Å²) in [4.78, 5) is 47.2. The van der Waals surface area contributed by atoms with Crippen LogP contribution < -0.4 is 21.7 Å². The number of amides is 2. The second-order valence-electron chi connectivity index (χ2n) is 9.00. The van der Waals surface area contributed by atoms with Crippen molar-refractivity contribution in [2.45, 2.75) is 13.1 Å². The van der Waals surface area contributed by atoms with Crippen LogP contribution in [0.4, 0.5) is 0 Å². The third-order valence-corrected chi connectivity index (χ3v) is 6.32. The first kappa shape index (κ1) is 24.6. The highest BCUT2D eigenvalue weighted by Gasteiger charge is 2.18. The molecule has 0 fully saturated rings. The van der Waals surface area contributed by atoms with Crippen molar-refractivity contribution >= 4 is 34.4 Å². The van der Waals surface area contributed by atoms with E-state index in [1.165, 1.54) is 21.3 Å². The molecular weight excluding hydrogens is 516 g/mol. The van der Waals surface area contributed by atoms with Crippen molar-refractivity contribution in [3.63, 3.8) is 0 Å². The van der Waals surface area contributed by atoms with Crippen LogP contribution in [-0.2, 0) is 25.0 Å². The molecule has 4 heterocycles. The maximum absolute atomic E-state index is 13.1. The Kier molecular flexibility index (Phi) is 6.07. The Morgan fingerprint density at radius 1 is 1.00 bits per heavy atom. The van der Waals surface area contributed by atoms with Crippen LogP contribution in [0.2, 0.25) is 0 Å². The van der Waals surface area contributed by atoms with Gasteiger partial charge in [-0.15, -0.1) is 0 Å². The summed E-state index contributed by atoms with van der Waals surface area (Å²) >= 11 is 0. The third-order valence-electron chi connectivity index (χ3n) is 6.32. The van der Waals surface area contributed by atoms with Crippen LogP contribution in [0.5, 0.6) is 0 Å². The molecule has 200 valence electrons. The van der Waals surface area contributed by atoms with Gasteiger partial charge < -0.3 is 25.2 Å². The van der Waals surface area contributed by atoms with Gasteiger partial charge in [-0.25, -0.2) is 14.3 Å². The molecule has 3 aromatic heterocycles. The lowest BCUT2D eigenvalue weighted by molar-refractivity contribution is 0.0942. The van der Waals surface area contributed by atoms with E-state index in [-0.39, 0.29) is 24.5 Å². The number of oxime groups is 1. The van der Waals surface area contributed by atoms with Gasteiger partial charge in [0.15, 0.2) is 17.1 Å². The molecule has 0 saturated heterocycles. The lowest BCUT2D eigenvalue weighted by atomic mass is 10.1. The number of fused-ring (bicyclic) bond motifs is 2. The first-order valence-corrected chi connectivity index (χ1v) is 12.2. The predicted octanol–water partition coefficient (Wildman–Crippen LogP) is 1.79. The second-order valence-corrected chi connectivity index (χ2v) is 9.00. The molecule has 0 atom stereocenters. The summed E-state index contributed by atoms with van der Waals surface area (Å²) in [5, 5.41) is 16.7. The van der Waals surface area contributed by atoms with Gasteiger partial charge in [0, 0.05) is 37.8 Å². The van der Waals surface area contributed by atoms with E-state index in [2.05, 4.69) is 37.8 Å². The first-order chi connectivity index (χ1) is 19.4. The number of hydrogen-bond acceptors (Lipinski definition) is 9. The van der Waals surface area contributed by atoms with Crippen LogP contribution in [0.3, 0.4) is 0 Å². The van der Waals surface area contributed by atoms with Crippen LogP contribution in [0.15, 0.2) is 87.6 Å². The SMILES string of the molecule is C=C1NC(c2ccc(CNC(=O)c3cc(C(=O)NCc4ccc5oc(=O)n(C)c5c4)nc4ccnn34)cc2)=NO1. The Hall–Kier alpha value is -5.72. The first-order valence-electron chi connectivity index (χ1n) is 12.2. The largest absolute Gasteiger partial charge is 0.419 e. The number of hydrogen-bond donors (Lipinski definition) is 3. The van der Waals surface area contributed by atoms with Gasteiger partial charge in [0.25, 0.3) is 11.8 Å². The second kappa shape index (κ2) is 9.87. The quantitative estimate of drug-likeness (QED) is 0.283. The van der Waals surface area contributed by atoms with E-state index < -0.39 is 17.6 Å². The number of nitrogens with zero attached hydrogens (tertiary/aromatic N) is 5. The maximum Gasteiger partial charge on any atom is 0.419 e. The number of benzene rings is 2. The van der Waals surface area contributed by atoms with E-state index in [0.29, 0.717) is 28.5 Å². The molecule has 2 amide bonds. The molecule has 0 unspecified atom stereocenters. The van der Waals surface area contributed by atoms with E-state index >= 15 is 0 Å². The summed E-state index contributed by atoms with van der Waals surface area (Å²) < 4.78 is 7.91. The maximum atomic E-state index is 13.1. The van der Waals surface area contributed by atoms with Gasteiger partial charge in [0.05, 0.1) is 11.7 Å². The van der Waals surface area contributed by atoms with Crippen LogP contribution in [0.25, 0.3) is 16.7 Å². The number of nitrogens with one attached hydrogen (secondary N) is 3. The van der Waals surface area contributed by atoms with Crippen molar-refractivity contribution in [3.05, 3.63) is 112 Å². The Balaban J connectivity index is 1.15. The van der Waals surface area contributed by atoms with Crippen molar-refractivity contribution < 1.29 is 18.8 Å². The number of carbonyl (C=O) groups is 2. The molecule has 1 aliphatic heterocycles. The highest BCUT2D eigenvalue weighted by Crippen LogP contribution is 2.15. The summed E-state index contributed by atoms with van der Waals surface area (Å²) in [6, 6.07) is 15.6. The van der Waals surface area contributed by atoms with Gasteiger partial charge in [-0.05, 0) is 29.8 Å². The van der Waals surface area contributed by atoms with E-state index in [1.54, 1.807) is 31.3 Å². The molecule has 3 N–H and O–H groups in total. The standard InChI is InChI=1S/C27H22N8O5/c1-15-31-24(33-40-15)18-6-3-16(4-7-18)13-29-26(37)21-12-19(32-23-9-10-30-35(21)23)25(36)28-14-17-5-8-22-20(11-17)34(2)27(38)39-22/h3-12H,1,13-14H2,2H3,(H,28,36)(H,29,37)(H,31,33). The minimum Gasteiger partial charge on any atom is -0.408 e. The summed E-state index contributed by atoms with van der Waals surface area (Å²) in [5.74, 6) is -0.450. The normalized spacial score (nSPS) is 12.7. The number of aryl methyl sites for hydroxylation is 1. The number of rotatable bonds is 7. The van der Waals surface area contributed by atoms with Crippen molar-refractivity contribution in [1.82, 2.24) is 35.1 Å². The van der Waals surface area contributed by atoms with Crippen molar-refractivity contribution in [2.24, 2.45) is 12.2 Å². The van der Waals surface area contributed by atoms with Crippen LogP contribution in [-0.4, -0.2) is 36.8 Å². The molecule has 13 nitrogen and oxygen atoms in total. The van der Waals surface area contributed by atoms with Gasteiger partial charge >= 0.3 is 5.76 Å². The van der Waals surface area contributed by atoms with Crippen molar-refractivity contribution in [3.8, 4) is 0 Å². The topological polar surface area (TPSA) is 157 Å². The smallest absolute Gasteiger partial charge is 0.408 e. The molecule has 0 spiro atoms. The fraction of sp³-hybridized carbons (Fsp3) is 0.111. The summed E-state index contributed by atoms with van der Waals surface area (Å²) in [5.41, 5.74) is 4.08. The number of oxazole rings is 1. The Bertz CT molecular complexity index is 1900. The average molecular weight is 539 g/mol. The molecular formula is C27H22N8O5. The molecule has 0 aliphatic carbocycles. The van der Waals surface area contributed by atoms with E-state index in [9.17, 15) is 14.4 Å². The van der Waals surface area contributed by atoms with E-state index in [4.69, 9.17) is 9.25 Å². The van der Waals surface area contributed by atoms with E-state index in [0.717, 1.165) is 16.7 Å². The van der Waals surface area contributed by atoms with E-state index in [1.807, 2.05) is 24.3 Å². The third kappa shape index (κ3) is 4.67. The van der Waals surface area contributed by atoms with Gasteiger partial charge in [0.1, 0.15) is 11.4 Å². The lowest BCUT2D eigenvalue weighted by Gasteiger charge is -2.10. The molecule has 5 aromatic rings. The van der Waals surface area contributed by atoms with Gasteiger partial charge in [-0.1, -0.05) is 35.5 Å². The van der Waals surface area contributed by atoms with Crippen LogP contribution in [0.1, 0.15) is 37.7 Å². The lowest BCUT2D eigenvalue weighted by Crippen LogP contribution is -2.28. The molecule has 40 heavy (non-hydrogen) atoms. The van der Waals surface area contributed by atoms with Crippen molar-refractivity contribution in [2.75, 3.05) is 0 Å². The molecule has 2 aromatic carbocycles.